The van der Waals surface area contributed by atoms with E-state index in [9.17, 15) is 8.42 Å². The van der Waals surface area contributed by atoms with Crippen molar-refractivity contribution in [1.82, 2.24) is 19.6 Å². The van der Waals surface area contributed by atoms with Crippen LogP contribution in [0.1, 0.15) is 18.7 Å². The van der Waals surface area contributed by atoms with Gasteiger partial charge in [0.15, 0.2) is 5.17 Å². The molecule has 11 heteroatoms. The highest BCUT2D eigenvalue weighted by Crippen LogP contribution is 2.44. The first-order valence-corrected chi connectivity index (χ1v) is 14.1. The van der Waals surface area contributed by atoms with Crippen LogP contribution >= 0.6 is 11.8 Å². The summed E-state index contributed by atoms with van der Waals surface area (Å²) in [5.74, 6) is 1.69. The molecular formula is C25H28N6O3S2. The van der Waals surface area contributed by atoms with Gasteiger partial charge in [-0.05, 0) is 41.7 Å². The number of thioether (sulfide) groups is 1. The molecule has 1 aromatic heterocycles. The lowest BCUT2D eigenvalue weighted by molar-refractivity contribution is 0.303. The summed E-state index contributed by atoms with van der Waals surface area (Å²) in [5.41, 5.74) is 0.873. The normalized spacial score (nSPS) is 24.6. The lowest BCUT2D eigenvalue weighted by Crippen LogP contribution is -2.33. The van der Waals surface area contributed by atoms with Gasteiger partial charge in [0.2, 0.25) is 16.0 Å². The number of nitrogens with one attached hydrogen (secondary N) is 2. The van der Waals surface area contributed by atoms with E-state index in [-0.39, 0.29) is 29.4 Å². The number of rotatable bonds is 9. The molecule has 9 nitrogen and oxygen atoms in total. The van der Waals surface area contributed by atoms with Gasteiger partial charge in [0.05, 0.1) is 23.7 Å². The summed E-state index contributed by atoms with van der Waals surface area (Å²) < 4.78 is 32.8. The van der Waals surface area contributed by atoms with Crippen LogP contribution in [0.3, 0.4) is 0 Å². The van der Waals surface area contributed by atoms with Crippen molar-refractivity contribution in [2.75, 3.05) is 25.5 Å². The average Bonchev–Trinajstić information content (AvgIpc) is 3.49. The second-order valence-electron chi connectivity index (χ2n) is 8.67. The molecule has 1 aliphatic carbocycles. The van der Waals surface area contributed by atoms with Crippen LogP contribution in [0.15, 0.2) is 82.3 Å². The number of methoxy groups -OCH3 is 1. The van der Waals surface area contributed by atoms with Crippen LogP contribution < -0.4 is 14.8 Å². The Morgan fingerprint density at radius 1 is 1.11 bits per heavy atom. The number of aliphatic imine (C=N–C) groups is 1. The van der Waals surface area contributed by atoms with Crippen molar-refractivity contribution < 1.29 is 13.2 Å². The summed E-state index contributed by atoms with van der Waals surface area (Å²) in [6.45, 7) is 2.74. The molecule has 2 N–H and O–H groups in total. The van der Waals surface area contributed by atoms with Crippen molar-refractivity contribution in [3.63, 3.8) is 0 Å². The van der Waals surface area contributed by atoms with Gasteiger partial charge in [-0.2, -0.15) is 0 Å². The second-order valence-corrected chi connectivity index (χ2v) is 11.3. The molecule has 0 fully saturated rings. The maximum Gasteiger partial charge on any atom is 0.240 e. The molecule has 0 saturated heterocycles. The summed E-state index contributed by atoms with van der Waals surface area (Å²) in [6.07, 6.45) is 12.4. The van der Waals surface area contributed by atoms with Gasteiger partial charge < -0.3 is 15.0 Å². The van der Waals surface area contributed by atoms with Gasteiger partial charge in [-0.15, -0.1) is 0 Å². The second kappa shape index (κ2) is 10.5. The zero-order chi connectivity index (χ0) is 25.1. The molecule has 5 rings (SSSR count). The molecule has 3 heterocycles. The minimum absolute atomic E-state index is 0.0349. The first-order chi connectivity index (χ1) is 17.5. The van der Waals surface area contributed by atoms with Crippen LogP contribution in [-0.2, 0) is 10.0 Å². The fourth-order valence-corrected chi connectivity index (χ4v) is 6.37. The maximum absolute atomic E-state index is 12.5. The average molecular weight is 525 g/mol. The third-order valence-corrected chi connectivity index (χ3v) is 8.67. The highest BCUT2D eigenvalue weighted by atomic mass is 32.2. The van der Waals surface area contributed by atoms with E-state index in [2.05, 4.69) is 57.4 Å². The van der Waals surface area contributed by atoms with E-state index in [4.69, 9.17) is 14.7 Å². The topological polar surface area (TPSA) is 109 Å². The van der Waals surface area contributed by atoms with Gasteiger partial charge in [0.1, 0.15) is 11.8 Å². The van der Waals surface area contributed by atoms with Crippen molar-refractivity contribution in [3.05, 3.63) is 78.1 Å². The van der Waals surface area contributed by atoms with Crippen LogP contribution in [0.5, 0.6) is 5.75 Å². The molecule has 4 unspecified atom stereocenters. The van der Waals surface area contributed by atoms with E-state index in [0.717, 1.165) is 10.9 Å². The number of hydrogen-bond acceptors (Lipinski definition) is 9. The Labute approximate surface area is 215 Å². The van der Waals surface area contributed by atoms with Crippen LogP contribution in [0.25, 0.3) is 0 Å². The molecular weight excluding hydrogens is 496 g/mol. The van der Waals surface area contributed by atoms with E-state index in [1.165, 1.54) is 19.2 Å². The van der Waals surface area contributed by atoms with Crippen LogP contribution in [0.2, 0.25) is 0 Å². The van der Waals surface area contributed by atoms with Crippen molar-refractivity contribution in [2.45, 2.75) is 23.9 Å². The highest BCUT2D eigenvalue weighted by Gasteiger charge is 2.43. The Kier molecular flexibility index (Phi) is 7.13. The van der Waals surface area contributed by atoms with E-state index in [0.29, 0.717) is 24.2 Å². The van der Waals surface area contributed by atoms with Gasteiger partial charge in [-0.3, -0.25) is 4.99 Å². The zero-order valence-corrected chi connectivity index (χ0v) is 21.6. The van der Waals surface area contributed by atoms with E-state index in [1.54, 1.807) is 30.1 Å². The maximum atomic E-state index is 12.5. The number of anilines is 1. The molecule has 4 atom stereocenters. The Morgan fingerprint density at radius 3 is 2.69 bits per heavy atom. The largest absolute Gasteiger partial charge is 0.497 e. The van der Waals surface area contributed by atoms with Crippen molar-refractivity contribution in [3.8, 4) is 5.75 Å². The number of ether oxygens (including phenoxy) is 1. The Hall–Kier alpha value is -3.15. The van der Waals surface area contributed by atoms with Crippen molar-refractivity contribution in [1.29, 1.82) is 0 Å². The van der Waals surface area contributed by atoms with E-state index in [1.807, 2.05) is 11.5 Å². The number of allylic oxidation sites excluding steroid dienone is 3. The Morgan fingerprint density at radius 2 is 1.92 bits per heavy atom. The summed E-state index contributed by atoms with van der Waals surface area (Å²) in [5, 5.41) is 6.17. The van der Waals surface area contributed by atoms with Gasteiger partial charge in [-0.25, -0.2) is 23.1 Å². The lowest BCUT2D eigenvalue weighted by atomic mass is 9.80. The monoisotopic (exact) mass is 524 g/mol. The van der Waals surface area contributed by atoms with Gasteiger partial charge >= 0.3 is 0 Å². The number of benzene rings is 1. The third-order valence-electron chi connectivity index (χ3n) is 6.41. The van der Waals surface area contributed by atoms with Gasteiger partial charge in [0, 0.05) is 31.4 Å². The molecule has 2 aromatic rings. The lowest BCUT2D eigenvalue weighted by Gasteiger charge is -2.31. The van der Waals surface area contributed by atoms with Gasteiger partial charge in [-0.1, -0.05) is 43.0 Å². The zero-order valence-electron chi connectivity index (χ0n) is 20.0. The minimum Gasteiger partial charge on any atom is -0.497 e. The van der Waals surface area contributed by atoms with Crippen molar-refractivity contribution in [2.24, 2.45) is 16.8 Å². The molecule has 188 valence electrons. The van der Waals surface area contributed by atoms with E-state index < -0.39 is 10.0 Å². The SMILES string of the molecule is COc1ccc(S(=O)(=O)NCCNc2nccc(C3C(C4C=CC=CC4C)N=C4SC=CN43)n2)cc1. The molecule has 0 spiro atoms. The molecule has 0 bridgehead atoms. The molecule has 0 saturated carbocycles. The molecule has 0 amide bonds. The predicted molar refractivity (Wildman–Crippen MR) is 142 cm³/mol. The van der Waals surface area contributed by atoms with E-state index >= 15 is 0 Å². The quantitative estimate of drug-likeness (QED) is 0.480. The number of nitrogens with zero attached hydrogens (tertiary/aromatic N) is 4. The highest BCUT2D eigenvalue weighted by molar-refractivity contribution is 8.16. The predicted octanol–water partition coefficient (Wildman–Crippen LogP) is 3.55. The van der Waals surface area contributed by atoms with Crippen LogP contribution in [0.4, 0.5) is 5.95 Å². The number of hydrogen-bond donors (Lipinski definition) is 2. The van der Waals surface area contributed by atoms with Crippen LogP contribution in [0, 0.1) is 11.8 Å². The number of fused-ring (bicyclic) bond motifs is 1. The number of amidine groups is 1. The summed E-state index contributed by atoms with van der Waals surface area (Å²) in [4.78, 5) is 16.5. The summed E-state index contributed by atoms with van der Waals surface area (Å²) in [7, 11) is -2.09. The fourth-order valence-electron chi connectivity index (χ4n) is 4.55. The smallest absolute Gasteiger partial charge is 0.240 e. The van der Waals surface area contributed by atoms with Crippen LogP contribution in [-0.4, -0.2) is 54.7 Å². The molecule has 0 radical (unpaired) electrons. The molecule has 3 aliphatic rings. The summed E-state index contributed by atoms with van der Waals surface area (Å²) >= 11 is 1.63. The van der Waals surface area contributed by atoms with Crippen molar-refractivity contribution >= 4 is 32.9 Å². The first kappa shape index (κ1) is 24.5. The number of sulfonamides is 1. The molecule has 2 aliphatic heterocycles. The fraction of sp³-hybridized carbons (Fsp3) is 0.320. The van der Waals surface area contributed by atoms with Gasteiger partial charge in [0.25, 0.3) is 0 Å². The Balaban J connectivity index is 1.24. The Bertz CT molecular complexity index is 1320. The standard InChI is InChI=1S/C25H28N6O3S2/c1-17-5-3-4-6-20(17)22-23(31-15-16-35-25(31)30-22)21-11-12-26-24(29-21)27-13-14-28-36(32,33)19-9-7-18(34-2)8-10-19/h3-12,15-17,20,22-23,28H,13-14H2,1-2H3,(H,26,27,29). The summed E-state index contributed by atoms with van der Waals surface area (Å²) in [6, 6.07) is 8.19. The third kappa shape index (κ3) is 5.04. The minimum atomic E-state index is -3.63. The molecule has 36 heavy (non-hydrogen) atoms. The first-order valence-electron chi connectivity index (χ1n) is 11.7. The number of aromatic nitrogens is 2. The molecule has 1 aromatic carbocycles.